The molecule has 0 spiro atoms. The predicted molar refractivity (Wildman–Crippen MR) is 34.0 cm³/mol. The van der Waals surface area contributed by atoms with E-state index in [1.807, 2.05) is 0 Å². The molecule has 0 radical (unpaired) electrons. The summed E-state index contributed by atoms with van der Waals surface area (Å²) in [5, 5.41) is 8.50. The molecule has 10 heavy (non-hydrogen) atoms. The maximum atomic E-state index is 10.3. The fourth-order valence-corrected chi connectivity index (χ4v) is 1.19. The summed E-state index contributed by atoms with van der Waals surface area (Å²) in [7, 11) is 0. The summed E-state index contributed by atoms with van der Waals surface area (Å²) in [5.41, 5.74) is 0. The van der Waals surface area contributed by atoms with Crippen molar-refractivity contribution in [2.75, 3.05) is 0 Å². The van der Waals surface area contributed by atoms with Gasteiger partial charge in [0.15, 0.2) is 5.97 Å². The first-order chi connectivity index (χ1) is 4.30. The van der Waals surface area contributed by atoms with E-state index in [0.717, 1.165) is 31.6 Å². The van der Waals surface area contributed by atoms with Gasteiger partial charge in [-0.25, -0.2) is 0 Å². The molecule has 0 amide bonds. The molecule has 2 nitrogen and oxygen atoms in total. The summed E-state index contributed by atoms with van der Waals surface area (Å²) in [6.45, 7) is 0. The van der Waals surface area contributed by atoms with Crippen LogP contribution in [0.1, 0.15) is 32.1 Å². The number of rotatable bonds is 1. The second-order valence-corrected chi connectivity index (χ2v) is 2.47. The Morgan fingerprint density at radius 3 is 2.00 bits per heavy atom. The Bertz CT molecular complexity index is 108. The maximum Gasteiger partial charge on any atom is 1.00 e. The second-order valence-electron chi connectivity index (χ2n) is 2.47. The largest absolute Gasteiger partial charge is 1.00 e. The summed E-state index contributed by atoms with van der Waals surface area (Å²) in [4.78, 5) is 10.3. The molecule has 3 heteroatoms. The van der Waals surface area contributed by atoms with E-state index in [4.69, 9.17) is 5.11 Å². The molecular weight excluding hydrogens is 123 g/mol. The molecule has 0 saturated heterocycles. The van der Waals surface area contributed by atoms with E-state index in [2.05, 4.69) is 0 Å². The van der Waals surface area contributed by atoms with E-state index in [1.165, 1.54) is 6.42 Å². The molecule has 1 N–H and O–H groups in total. The Morgan fingerprint density at radius 1 is 1.20 bits per heavy atom. The Morgan fingerprint density at radius 2 is 1.70 bits per heavy atom. The number of carbonyl (C=O) groups is 1. The number of carboxylic acid groups (broad SMARTS) is 1. The minimum Gasteiger partial charge on any atom is -0.503 e. The molecule has 0 atom stereocenters. The van der Waals surface area contributed by atoms with Crippen molar-refractivity contribution < 1.29 is 28.8 Å². The third-order valence-corrected chi connectivity index (χ3v) is 1.76. The minimum atomic E-state index is -0.685. The van der Waals surface area contributed by atoms with Gasteiger partial charge in [-0.2, -0.15) is 12.8 Å². The Balaban J connectivity index is 0.000000810. The summed E-state index contributed by atoms with van der Waals surface area (Å²) in [5.74, 6) is 0.0379. The van der Waals surface area contributed by atoms with Gasteiger partial charge in [-0.1, -0.05) is 19.3 Å². The van der Waals surface area contributed by atoms with Crippen LogP contribution in [-0.4, -0.2) is 11.1 Å². The zero-order valence-electron chi connectivity index (χ0n) is 6.39. The van der Waals surface area contributed by atoms with Gasteiger partial charge in [-0.3, -0.25) is 10.7 Å². The van der Waals surface area contributed by atoms with Crippen LogP contribution in [0, 0.1) is 5.92 Å². The van der Waals surface area contributed by atoms with Gasteiger partial charge in [0.25, 0.3) is 0 Å². The molecule has 1 fully saturated rings. The molecule has 1 rings (SSSR count). The third kappa shape index (κ3) is 2.68. The normalized spacial score (nSPS) is 17.8. The van der Waals surface area contributed by atoms with Crippen molar-refractivity contribution in [3.63, 3.8) is 0 Å². The molecular formula is C7H11LiO2. The van der Waals surface area contributed by atoms with Crippen LogP contribution in [0.2, 0.25) is 0 Å². The SMILES string of the molecule is O=C(O)[C-]1CCCCC1.[Li+]. The fraction of sp³-hybridized carbons (Fsp3) is 0.714. The van der Waals surface area contributed by atoms with Gasteiger partial charge in [0.2, 0.25) is 0 Å². The van der Waals surface area contributed by atoms with Crippen LogP contribution in [0.15, 0.2) is 0 Å². The molecule has 0 unspecified atom stereocenters. The van der Waals surface area contributed by atoms with Gasteiger partial charge >= 0.3 is 18.9 Å². The molecule has 0 heterocycles. The molecule has 1 aliphatic carbocycles. The Kier molecular flexibility index (Phi) is 4.68. The van der Waals surface area contributed by atoms with E-state index in [0.29, 0.717) is 0 Å². The number of hydrogen-bond acceptors (Lipinski definition) is 1. The molecule has 52 valence electrons. The molecule has 0 aliphatic heterocycles. The molecule has 0 aromatic carbocycles. The zero-order chi connectivity index (χ0) is 6.69. The molecule has 1 saturated carbocycles. The van der Waals surface area contributed by atoms with Gasteiger partial charge in [0, 0.05) is 0 Å². The minimum absolute atomic E-state index is 0. The van der Waals surface area contributed by atoms with E-state index >= 15 is 0 Å². The van der Waals surface area contributed by atoms with E-state index in [9.17, 15) is 4.79 Å². The molecule has 1 aliphatic rings. The van der Waals surface area contributed by atoms with Crippen LogP contribution in [0.4, 0.5) is 0 Å². The summed E-state index contributed by atoms with van der Waals surface area (Å²) >= 11 is 0. The van der Waals surface area contributed by atoms with Crippen LogP contribution < -0.4 is 18.9 Å². The van der Waals surface area contributed by atoms with Crippen molar-refractivity contribution in [3.8, 4) is 0 Å². The third-order valence-electron chi connectivity index (χ3n) is 1.76. The van der Waals surface area contributed by atoms with Gasteiger partial charge < -0.3 is 5.11 Å². The topological polar surface area (TPSA) is 37.3 Å². The average molecular weight is 134 g/mol. The predicted octanol–water partition coefficient (Wildman–Crippen LogP) is -1.39. The molecule has 0 aromatic rings. The average Bonchev–Trinajstić information content (AvgIpc) is 1.90. The van der Waals surface area contributed by atoms with Crippen molar-refractivity contribution >= 4 is 5.97 Å². The van der Waals surface area contributed by atoms with Crippen molar-refractivity contribution in [3.05, 3.63) is 5.92 Å². The van der Waals surface area contributed by atoms with Crippen molar-refractivity contribution in [2.45, 2.75) is 32.1 Å². The smallest absolute Gasteiger partial charge is 0.503 e. The summed E-state index contributed by atoms with van der Waals surface area (Å²) in [6, 6.07) is 0. The Labute approximate surface area is 73.2 Å². The number of carboxylic acids is 1. The van der Waals surface area contributed by atoms with Gasteiger partial charge in [-0.05, 0) is 0 Å². The zero-order valence-corrected chi connectivity index (χ0v) is 6.39. The Hall–Kier alpha value is -0.0626. The number of aliphatic carboxylic acids is 1. The number of hydrogen-bond donors (Lipinski definition) is 1. The van der Waals surface area contributed by atoms with Gasteiger partial charge in [0.1, 0.15) is 0 Å². The van der Waals surface area contributed by atoms with Crippen molar-refractivity contribution in [1.29, 1.82) is 0 Å². The van der Waals surface area contributed by atoms with Crippen LogP contribution >= 0.6 is 0 Å². The van der Waals surface area contributed by atoms with E-state index < -0.39 is 5.97 Å². The van der Waals surface area contributed by atoms with Crippen molar-refractivity contribution in [1.82, 2.24) is 0 Å². The van der Waals surface area contributed by atoms with Crippen molar-refractivity contribution in [2.24, 2.45) is 0 Å². The van der Waals surface area contributed by atoms with E-state index in [1.54, 1.807) is 0 Å². The summed E-state index contributed by atoms with van der Waals surface area (Å²) in [6.07, 6.45) is 4.98. The second kappa shape index (κ2) is 4.71. The van der Waals surface area contributed by atoms with Crippen LogP contribution in [0.5, 0.6) is 0 Å². The fourth-order valence-electron chi connectivity index (χ4n) is 1.19. The van der Waals surface area contributed by atoms with Crippen LogP contribution in [0.25, 0.3) is 0 Å². The summed E-state index contributed by atoms with van der Waals surface area (Å²) < 4.78 is 0. The first-order valence-corrected chi connectivity index (χ1v) is 3.38. The van der Waals surface area contributed by atoms with Crippen LogP contribution in [0.3, 0.4) is 0 Å². The molecule has 0 bridgehead atoms. The standard InChI is InChI=1S/C7H11O2.Li/c8-7(9)6-4-2-1-3-5-6;/h1-5H2,(H,8,9);/q-1;+1. The van der Waals surface area contributed by atoms with Gasteiger partial charge in [-0.15, -0.1) is 0 Å². The first-order valence-electron chi connectivity index (χ1n) is 3.38. The monoisotopic (exact) mass is 134 g/mol. The van der Waals surface area contributed by atoms with Crippen LogP contribution in [-0.2, 0) is 4.79 Å². The van der Waals surface area contributed by atoms with Gasteiger partial charge in [0.05, 0.1) is 0 Å². The first kappa shape index (κ1) is 9.94. The maximum absolute atomic E-state index is 10.3. The van der Waals surface area contributed by atoms with E-state index in [-0.39, 0.29) is 18.9 Å². The quantitative estimate of drug-likeness (QED) is 0.354. The molecule has 0 aromatic heterocycles.